The van der Waals surface area contributed by atoms with Crippen LogP contribution in [0.2, 0.25) is 0 Å². The van der Waals surface area contributed by atoms with Crippen LogP contribution in [-0.2, 0) is 4.74 Å². The fourth-order valence-corrected chi connectivity index (χ4v) is 4.48. The molecule has 1 aliphatic carbocycles. The van der Waals surface area contributed by atoms with E-state index in [9.17, 15) is 0 Å². The molecule has 5 nitrogen and oxygen atoms in total. The predicted molar refractivity (Wildman–Crippen MR) is 126 cm³/mol. The Kier molecular flexibility index (Phi) is 11.5. The molecule has 0 aromatic carbocycles. The number of guanidine groups is 1. The first-order valence-electron chi connectivity index (χ1n) is 10.8. The van der Waals surface area contributed by atoms with Crippen molar-refractivity contribution in [2.75, 3.05) is 46.4 Å². The highest BCUT2D eigenvalue weighted by Crippen LogP contribution is 2.40. The molecule has 0 unspecified atom stereocenters. The molecule has 0 aromatic heterocycles. The van der Waals surface area contributed by atoms with Gasteiger partial charge in [0.05, 0.1) is 0 Å². The summed E-state index contributed by atoms with van der Waals surface area (Å²) in [5, 5.41) is 7.20. The van der Waals surface area contributed by atoms with E-state index in [2.05, 4.69) is 41.3 Å². The summed E-state index contributed by atoms with van der Waals surface area (Å²) >= 11 is 0. The summed E-state index contributed by atoms with van der Waals surface area (Å²) in [6, 6.07) is 0. The minimum Gasteiger partial charge on any atom is -0.382 e. The molecule has 0 amide bonds. The highest BCUT2D eigenvalue weighted by Gasteiger charge is 2.34. The van der Waals surface area contributed by atoms with Gasteiger partial charge in [0.25, 0.3) is 0 Å². The quantitative estimate of drug-likeness (QED) is 0.220. The third kappa shape index (κ3) is 8.05. The molecule has 1 heterocycles. The van der Waals surface area contributed by atoms with Crippen LogP contribution in [0.4, 0.5) is 0 Å². The highest BCUT2D eigenvalue weighted by molar-refractivity contribution is 14.0. The zero-order valence-corrected chi connectivity index (χ0v) is 20.4. The van der Waals surface area contributed by atoms with Crippen molar-refractivity contribution < 1.29 is 4.74 Å². The normalized spacial score (nSPS) is 21.0. The molecule has 1 aliphatic heterocycles. The van der Waals surface area contributed by atoms with Gasteiger partial charge in [0, 0.05) is 38.9 Å². The molecule has 0 radical (unpaired) electrons. The van der Waals surface area contributed by atoms with Crippen molar-refractivity contribution in [2.45, 2.75) is 77.7 Å². The Bertz CT molecular complexity index is 430. The smallest absolute Gasteiger partial charge is 0.191 e. The van der Waals surface area contributed by atoms with Gasteiger partial charge in [-0.15, -0.1) is 24.0 Å². The van der Waals surface area contributed by atoms with Crippen molar-refractivity contribution in [1.29, 1.82) is 0 Å². The van der Waals surface area contributed by atoms with Crippen molar-refractivity contribution in [2.24, 2.45) is 10.4 Å². The summed E-state index contributed by atoms with van der Waals surface area (Å²) in [6.45, 7) is 12.9. The molecule has 0 atom stereocenters. The fourth-order valence-electron chi connectivity index (χ4n) is 4.48. The summed E-state index contributed by atoms with van der Waals surface area (Å²) in [7, 11) is 1.88. The molecule has 2 fully saturated rings. The second kappa shape index (κ2) is 12.5. The van der Waals surface area contributed by atoms with Crippen LogP contribution in [0.15, 0.2) is 4.99 Å². The standard InChI is InChI=1S/C21H42N4O.HI/c1-5-26-16-13-21(11-7-8-12-21)18-24-19(22-4)23-17-20(2,3)25-14-9-6-10-15-25;/h5-18H2,1-4H3,(H2,22,23,24);1H. The Morgan fingerprint density at radius 2 is 1.74 bits per heavy atom. The number of rotatable bonds is 9. The third-order valence-electron chi connectivity index (χ3n) is 6.40. The van der Waals surface area contributed by atoms with Gasteiger partial charge in [0.1, 0.15) is 0 Å². The lowest BCUT2D eigenvalue weighted by Crippen LogP contribution is -2.55. The second-order valence-electron chi connectivity index (χ2n) is 8.79. The minimum absolute atomic E-state index is 0. The zero-order valence-electron chi connectivity index (χ0n) is 18.1. The monoisotopic (exact) mass is 494 g/mol. The Morgan fingerprint density at radius 1 is 1.07 bits per heavy atom. The van der Waals surface area contributed by atoms with Crippen LogP contribution < -0.4 is 10.6 Å². The minimum atomic E-state index is 0. The molecular weight excluding hydrogens is 451 g/mol. The van der Waals surface area contributed by atoms with Crippen molar-refractivity contribution in [3.05, 3.63) is 0 Å². The SMILES string of the molecule is CCOCCC1(CNC(=NC)NCC(C)(C)N2CCCCC2)CCCC1.I. The van der Waals surface area contributed by atoms with Crippen LogP contribution in [0.5, 0.6) is 0 Å². The maximum absolute atomic E-state index is 5.63. The number of hydrogen-bond donors (Lipinski definition) is 2. The van der Waals surface area contributed by atoms with Crippen LogP contribution in [0.25, 0.3) is 0 Å². The van der Waals surface area contributed by atoms with Gasteiger partial charge in [-0.25, -0.2) is 0 Å². The van der Waals surface area contributed by atoms with E-state index in [0.717, 1.165) is 38.7 Å². The molecule has 0 bridgehead atoms. The molecule has 0 aromatic rings. The van der Waals surface area contributed by atoms with Crippen LogP contribution >= 0.6 is 24.0 Å². The van der Waals surface area contributed by atoms with E-state index in [4.69, 9.17) is 4.74 Å². The predicted octanol–water partition coefficient (Wildman–Crippen LogP) is 4.02. The molecule has 2 N–H and O–H groups in total. The Balaban J connectivity index is 0.00000364. The third-order valence-corrected chi connectivity index (χ3v) is 6.40. The average molecular weight is 495 g/mol. The number of hydrogen-bond acceptors (Lipinski definition) is 3. The van der Waals surface area contributed by atoms with Crippen molar-refractivity contribution in [1.82, 2.24) is 15.5 Å². The molecule has 6 heteroatoms. The summed E-state index contributed by atoms with van der Waals surface area (Å²) in [4.78, 5) is 7.09. The molecule has 2 aliphatic rings. The van der Waals surface area contributed by atoms with Gasteiger partial charge in [0.2, 0.25) is 0 Å². The number of halogens is 1. The molecular formula is C21H43IN4O. The number of nitrogens with one attached hydrogen (secondary N) is 2. The molecule has 2 rings (SSSR count). The molecule has 0 spiro atoms. The summed E-state index contributed by atoms with van der Waals surface area (Å²) in [5.41, 5.74) is 0.549. The first-order valence-corrected chi connectivity index (χ1v) is 10.8. The number of piperidine rings is 1. The lowest BCUT2D eigenvalue weighted by atomic mass is 9.83. The molecule has 1 saturated heterocycles. The van der Waals surface area contributed by atoms with Gasteiger partial charge < -0.3 is 15.4 Å². The van der Waals surface area contributed by atoms with E-state index in [1.165, 1.54) is 58.0 Å². The largest absolute Gasteiger partial charge is 0.382 e. The topological polar surface area (TPSA) is 48.9 Å². The van der Waals surface area contributed by atoms with E-state index in [-0.39, 0.29) is 29.5 Å². The first kappa shape index (κ1) is 25.0. The van der Waals surface area contributed by atoms with Gasteiger partial charge in [-0.1, -0.05) is 19.3 Å². The Hall–Kier alpha value is -0.0800. The van der Waals surface area contributed by atoms with E-state index in [0.29, 0.717) is 5.41 Å². The zero-order chi connectivity index (χ0) is 18.9. The fraction of sp³-hybridized carbons (Fsp3) is 0.952. The lowest BCUT2D eigenvalue weighted by Gasteiger charge is -2.41. The van der Waals surface area contributed by atoms with Crippen LogP contribution in [0.3, 0.4) is 0 Å². The number of ether oxygens (including phenoxy) is 1. The van der Waals surface area contributed by atoms with Crippen molar-refractivity contribution in [3.63, 3.8) is 0 Å². The summed E-state index contributed by atoms with van der Waals surface area (Å²) < 4.78 is 5.63. The van der Waals surface area contributed by atoms with Crippen LogP contribution in [0, 0.1) is 5.41 Å². The van der Waals surface area contributed by atoms with E-state index < -0.39 is 0 Å². The van der Waals surface area contributed by atoms with E-state index in [1.807, 2.05) is 7.05 Å². The second-order valence-corrected chi connectivity index (χ2v) is 8.79. The van der Waals surface area contributed by atoms with Gasteiger partial charge in [-0.05, 0) is 71.4 Å². The van der Waals surface area contributed by atoms with Crippen LogP contribution in [0.1, 0.15) is 72.1 Å². The van der Waals surface area contributed by atoms with Crippen molar-refractivity contribution >= 4 is 29.9 Å². The average Bonchev–Trinajstić information content (AvgIpc) is 3.12. The van der Waals surface area contributed by atoms with Gasteiger partial charge in [-0.3, -0.25) is 9.89 Å². The maximum atomic E-state index is 5.63. The number of nitrogens with zero attached hydrogens (tertiary/aromatic N) is 2. The summed E-state index contributed by atoms with van der Waals surface area (Å²) in [5.74, 6) is 0.942. The van der Waals surface area contributed by atoms with Gasteiger partial charge >= 0.3 is 0 Å². The highest BCUT2D eigenvalue weighted by atomic mass is 127. The van der Waals surface area contributed by atoms with Crippen molar-refractivity contribution in [3.8, 4) is 0 Å². The molecule has 1 saturated carbocycles. The Labute approximate surface area is 184 Å². The first-order chi connectivity index (χ1) is 12.5. The Morgan fingerprint density at radius 3 is 2.33 bits per heavy atom. The molecule has 160 valence electrons. The van der Waals surface area contributed by atoms with Gasteiger partial charge in [-0.2, -0.15) is 0 Å². The van der Waals surface area contributed by atoms with E-state index >= 15 is 0 Å². The summed E-state index contributed by atoms with van der Waals surface area (Å²) in [6.07, 6.45) is 10.5. The maximum Gasteiger partial charge on any atom is 0.191 e. The lowest BCUT2D eigenvalue weighted by molar-refractivity contribution is 0.0977. The van der Waals surface area contributed by atoms with Gasteiger partial charge in [0.15, 0.2) is 5.96 Å². The number of likely N-dealkylation sites (tertiary alicyclic amines) is 1. The van der Waals surface area contributed by atoms with Crippen LogP contribution in [-0.4, -0.2) is 62.8 Å². The number of aliphatic imine (C=N–C) groups is 1. The van der Waals surface area contributed by atoms with E-state index in [1.54, 1.807) is 0 Å². The molecule has 27 heavy (non-hydrogen) atoms.